The van der Waals surface area contributed by atoms with Crippen molar-refractivity contribution in [2.45, 2.75) is 11.7 Å². The first-order chi connectivity index (χ1) is 16.6. The molecule has 1 saturated heterocycles. The number of fused-ring (bicyclic) bond motifs is 1. The first kappa shape index (κ1) is 23.9. The van der Waals surface area contributed by atoms with Crippen LogP contribution in [0.2, 0.25) is 0 Å². The van der Waals surface area contributed by atoms with Crippen LogP contribution in [0.25, 0.3) is 11.0 Å². The molecule has 12 heteroatoms. The molecule has 4 rings (SSSR count). The van der Waals surface area contributed by atoms with Gasteiger partial charge in [0.1, 0.15) is 5.82 Å². The molecular formula is C22H28N6O5S. The standard InChI is InChI=1S/C22H28N6O5S/c1-30-16-11-14(12-17(31-2)18(16)32-3)21(29)23-5-6-28-20-15(13-24-28)19(25-22(26-20)34-4)27-7-9-33-10-8-27/h11-13H,5-10H2,1-4H3,(H,23,29). The molecule has 0 bridgehead atoms. The number of hydrogen-bond acceptors (Lipinski definition) is 10. The van der Waals surface area contributed by atoms with Crippen LogP contribution in [-0.2, 0) is 11.3 Å². The van der Waals surface area contributed by atoms with Crippen LogP contribution in [0, 0.1) is 0 Å². The fourth-order valence-corrected chi connectivity index (χ4v) is 4.14. The molecule has 182 valence electrons. The van der Waals surface area contributed by atoms with Gasteiger partial charge in [0, 0.05) is 25.2 Å². The van der Waals surface area contributed by atoms with E-state index in [1.807, 2.05) is 6.26 Å². The number of anilines is 1. The lowest BCUT2D eigenvalue weighted by Crippen LogP contribution is -2.37. The third kappa shape index (κ3) is 4.82. The topological polar surface area (TPSA) is 113 Å². The van der Waals surface area contributed by atoms with Gasteiger partial charge in [0.15, 0.2) is 22.3 Å². The van der Waals surface area contributed by atoms with Gasteiger partial charge >= 0.3 is 0 Å². The second-order valence-corrected chi connectivity index (χ2v) is 8.18. The molecule has 0 spiro atoms. The molecule has 1 aliphatic heterocycles. The van der Waals surface area contributed by atoms with Gasteiger partial charge in [-0.1, -0.05) is 11.8 Å². The second-order valence-electron chi connectivity index (χ2n) is 7.41. The Balaban J connectivity index is 1.50. The molecular weight excluding hydrogens is 460 g/mol. The van der Waals surface area contributed by atoms with Crippen molar-refractivity contribution < 1.29 is 23.7 Å². The first-order valence-corrected chi connectivity index (χ1v) is 12.0. The van der Waals surface area contributed by atoms with E-state index < -0.39 is 0 Å². The van der Waals surface area contributed by atoms with Crippen LogP contribution in [0.1, 0.15) is 10.4 Å². The Kier molecular flexibility index (Phi) is 7.58. The van der Waals surface area contributed by atoms with Crippen molar-refractivity contribution in [3.63, 3.8) is 0 Å². The lowest BCUT2D eigenvalue weighted by molar-refractivity contribution is 0.0951. The van der Waals surface area contributed by atoms with E-state index in [9.17, 15) is 4.79 Å². The summed E-state index contributed by atoms with van der Waals surface area (Å²) >= 11 is 1.48. The van der Waals surface area contributed by atoms with Crippen molar-refractivity contribution in [2.75, 3.05) is 65.3 Å². The normalized spacial score (nSPS) is 13.7. The van der Waals surface area contributed by atoms with Gasteiger partial charge < -0.3 is 29.2 Å². The minimum Gasteiger partial charge on any atom is -0.493 e. The van der Waals surface area contributed by atoms with E-state index in [1.165, 1.54) is 33.1 Å². The molecule has 0 atom stereocenters. The summed E-state index contributed by atoms with van der Waals surface area (Å²) in [6.45, 7) is 3.69. The summed E-state index contributed by atoms with van der Waals surface area (Å²) in [4.78, 5) is 24.4. The monoisotopic (exact) mass is 488 g/mol. The molecule has 3 heterocycles. The molecule has 1 aliphatic rings. The number of aromatic nitrogens is 4. The Bertz CT molecular complexity index is 1140. The van der Waals surface area contributed by atoms with Gasteiger partial charge in [-0.15, -0.1) is 0 Å². The lowest BCUT2D eigenvalue weighted by Gasteiger charge is -2.28. The van der Waals surface area contributed by atoms with Gasteiger partial charge in [-0.25, -0.2) is 14.6 Å². The Morgan fingerprint density at radius 1 is 1.12 bits per heavy atom. The highest BCUT2D eigenvalue weighted by Crippen LogP contribution is 2.38. The van der Waals surface area contributed by atoms with Gasteiger partial charge in [0.05, 0.1) is 52.7 Å². The number of ether oxygens (including phenoxy) is 4. The number of nitrogens with zero attached hydrogens (tertiary/aromatic N) is 5. The number of methoxy groups -OCH3 is 3. The van der Waals surface area contributed by atoms with E-state index in [2.05, 4.69) is 20.3 Å². The number of rotatable bonds is 9. The summed E-state index contributed by atoms with van der Waals surface area (Å²) in [5, 5.41) is 9.00. The zero-order valence-electron chi connectivity index (χ0n) is 19.7. The molecule has 1 amide bonds. The summed E-state index contributed by atoms with van der Waals surface area (Å²) < 4.78 is 23.3. The number of benzene rings is 1. The highest BCUT2D eigenvalue weighted by Gasteiger charge is 2.20. The van der Waals surface area contributed by atoms with Gasteiger partial charge in [-0.2, -0.15) is 5.10 Å². The van der Waals surface area contributed by atoms with Crippen LogP contribution >= 0.6 is 11.8 Å². The SMILES string of the molecule is COc1cc(C(=O)NCCn2ncc3c(N4CCOCC4)nc(SC)nc32)cc(OC)c1OC. The maximum absolute atomic E-state index is 12.8. The second kappa shape index (κ2) is 10.8. The van der Waals surface area contributed by atoms with Gasteiger partial charge in [-0.05, 0) is 18.4 Å². The predicted octanol–water partition coefficient (Wildman–Crippen LogP) is 1.84. The van der Waals surface area contributed by atoms with Crippen LogP contribution in [-0.4, -0.2) is 86.1 Å². The third-order valence-corrected chi connectivity index (χ3v) is 6.03. The highest BCUT2D eigenvalue weighted by molar-refractivity contribution is 7.98. The van der Waals surface area contributed by atoms with E-state index in [1.54, 1.807) is 23.0 Å². The van der Waals surface area contributed by atoms with Gasteiger partial charge in [-0.3, -0.25) is 4.79 Å². The Morgan fingerprint density at radius 2 is 1.82 bits per heavy atom. The molecule has 34 heavy (non-hydrogen) atoms. The summed E-state index contributed by atoms with van der Waals surface area (Å²) in [6.07, 6.45) is 3.73. The van der Waals surface area contributed by atoms with E-state index in [-0.39, 0.29) is 5.91 Å². The van der Waals surface area contributed by atoms with E-state index in [0.717, 1.165) is 29.9 Å². The Morgan fingerprint density at radius 3 is 2.44 bits per heavy atom. The van der Waals surface area contributed by atoms with E-state index in [0.29, 0.717) is 54.3 Å². The van der Waals surface area contributed by atoms with Crippen molar-refractivity contribution in [3.8, 4) is 17.2 Å². The minimum atomic E-state index is -0.260. The average molecular weight is 489 g/mol. The number of morpholine rings is 1. The fourth-order valence-electron chi connectivity index (χ4n) is 3.78. The number of thioether (sulfide) groups is 1. The number of nitrogens with one attached hydrogen (secondary N) is 1. The molecule has 0 radical (unpaired) electrons. The fraction of sp³-hybridized carbons (Fsp3) is 0.455. The molecule has 1 aromatic carbocycles. The van der Waals surface area contributed by atoms with Crippen LogP contribution in [0.5, 0.6) is 17.2 Å². The third-order valence-electron chi connectivity index (χ3n) is 5.48. The van der Waals surface area contributed by atoms with Crippen LogP contribution in [0.4, 0.5) is 5.82 Å². The molecule has 0 aliphatic carbocycles. The highest BCUT2D eigenvalue weighted by atomic mass is 32.2. The van der Waals surface area contributed by atoms with Gasteiger partial charge in [0.25, 0.3) is 5.91 Å². The number of carbonyl (C=O) groups is 1. The molecule has 11 nitrogen and oxygen atoms in total. The molecule has 1 fully saturated rings. The smallest absolute Gasteiger partial charge is 0.251 e. The predicted molar refractivity (Wildman–Crippen MR) is 129 cm³/mol. The average Bonchev–Trinajstić information content (AvgIpc) is 3.30. The van der Waals surface area contributed by atoms with Gasteiger partial charge in [0.2, 0.25) is 5.75 Å². The maximum Gasteiger partial charge on any atom is 0.251 e. The van der Waals surface area contributed by atoms with E-state index >= 15 is 0 Å². The minimum absolute atomic E-state index is 0.260. The van der Waals surface area contributed by atoms with E-state index in [4.69, 9.17) is 23.9 Å². The maximum atomic E-state index is 12.8. The summed E-state index contributed by atoms with van der Waals surface area (Å²) in [5.41, 5.74) is 1.14. The molecule has 0 unspecified atom stereocenters. The Hall–Kier alpha value is -3.25. The molecule has 3 aromatic rings. The quantitative estimate of drug-likeness (QED) is 0.354. The first-order valence-electron chi connectivity index (χ1n) is 10.8. The van der Waals surface area contributed by atoms with Crippen LogP contribution in [0.15, 0.2) is 23.5 Å². The summed E-state index contributed by atoms with van der Waals surface area (Å²) in [5.74, 6) is 1.88. The van der Waals surface area contributed by atoms with Crippen molar-refractivity contribution in [3.05, 3.63) is 23.9 Å². The molecule has 2 aromatic heterocycles. The zero-order chi connectivity index (χ0) is 24.1. The van der Waals surface area contributed by atoms with Crippen LogP contribution in [0.3, 0.4) is 0 Å². The van der Waals surface area contributed by atoms with Crippen molar-refractivity contribution in [1.82, 2.24) is 25.1 Å². The van der Waals surface area contributed by atoms with Crippen molar-refractivity contribution in [2.24, 2.45) is 0 Å². The van der Waals surface area contributed by atoms with Crippen molar-refractivity contribution >= 4 is 34.5 Å². The number of amides is 1. The largest absolute Gasteiger partial charge is 0.493 e. The summed E-state index contributed by atoms with van der Waals surface area (Å²) in [7, 11) is 4.54. The van der Waals surface area contributed by atoms with Crippen LogP contribution < -0.4 is 24.4 Å². The molecule has 1 N–H and O–H groups in total. The van der Waals surface area contributed by atoms with Crippen molar-refractivity contribution in [1.29, 1.82) is 0 Å². The number of hydrogen-bond donors (Lipinski definition) is 1. The molecule has 0 saturated carbocycles. The lowest BCUT2D eigenvalue weighted by atomic mass is 10.1. The Labute approximate surface area is 201 Å². The summed E-state index contributed by atoms with van der Waals surface area (Å²) in [6, 6.07) is 3.24. The zero-order valence-corrected chi connectivity index (χ0v) is 20.5. The number of carbonyl (C=O) groups excluding carboxylic acids is 1.